The van der Waals surface area contributed by atoms with E-state index in [4.69, 9.17) is 11.6 Å². The van der Waals surface area contributed by atoms with Crippen molar-refractivity contribution in [3.63, 3.8) is 0 Å². The minimum atomic E-state index is -3.82. The molecule has 0 spiro atoms. The van der Waals surface area contributed by atoms with Crippen molar-refractivity contribution >= 4 is 49.7 Å². The average Bonchev–Trinajstić information content (AvgIpc) is 3.16. The third-order valence-electron chi connectivity index (χ3n) is 4.89. The Kier molecular flexibility index (Phi) is 6.97. The van der Waals surface area contributed by atoms with Gasteiger partial charge < -0.3 is 0 Å². The molecule has 0 bridgehead atoms. The highest BCUT2D eigenvalue weighted by Crippen LogP contribution is 2.27. The second-order valence-corrected chi connectivity index (χ2v) is 10.5. The maximum Gasteiger partial charge on any atom is 0.339 e. The number of anilines is 3. The van der Waals surface area contributed by atoms with E-state index in [9.17, 15) is 8.42 Å². The molecule has 0 aliphatic carbocycles. The molecule has 4 rings (SSSR count). The highest BCUT2D eigenvalue weighted by atomic mass is 35.5. The molecule has 7 nitrogen and oxygen atoms in total. The second-order valence-electron chi connectivity index (χ2n) is 7.56. The molecule has 0 unspecified atom stereocenters. The monoisotopic (exact) mass is 512 g/mol. The molecule has 2 heterocycles. The van der Waals surface area contributed by atoms with Crippen LogP contribution in [0.15, 0.2) is 77.5 Å². The third-order valence-corrected chi connectivity index (χ3v) is 7.38. The first-order valence-electron chi connectivity index (χ1n) is 10.4. The van der Waals surface area contributed by atoms with Gasteiger partial charge in [-0.1, -0.05) is 35.6 Å². The Labute approximate surface area is 207 Å². The first-order valence-corrected chi connectivity index (χ1v) is 13.1. The van der Waals surface area contributed by atoms with Gasteiger partial charge in [0, 0.05) is 27.4 Å². The molecule has 2 aromatic heterocycles. The Morgan fingerprint density at radius 1 is 1.06 bits per heavy atom. The van der Waals surface area contributed by atoms with Gasteiger partial charge in [0.2, 0.25) is 5.95 Å². The molecule has 4 aromatic rings. The standard InChI is InChI=1S/C24H22ClN5O2S2/c1-4-13-30-22(18-5-7-19(25)8-6-18)15-33-24(30)28-20-9-11-21(12-10-20)34(31,32)29-23-26-16(2)14-17(3)27-23/h4-12,14-15H,1,13H2,2-3H3,(H,26,27,29)/p+1. The summed E-state index contributed by atoms with van der Waals surface area (Å²) in [6.07, 6.45) is 1.83. The minimum absolute atomic E-state index is 0.0542. The largest absolute Gasteiger partial charge is 0.339 e. The predicted molar refractivity (Wildman–Crippen MR) is 137 cm³/mol. The van der Waals surface area contributed by atoms with Gasteiger partial charge in [-0.25, -0.2) is 33.0 Å². The van der Waals surface area contributed by atoms with Crippen molar-refractivity contribution in [2.45, 2.75) is 25.3 Å². The van der Waals surface area contributed by atoms with Crippen molar-refractivity contribution in [2.75, 3.05) is 10.0 Å². The first kappa shape index (κ1) is 23.9. The maximum absolute atomic E-state index is 12.8. The predicted octanol–water partition coefficient (Wildman–Crippen LogP) is 5.49. The molecular formula is C24H23ClN5O2S2+. The van der Waals surface area contributed by atoms with E-state index in [0.29, 0.717) is 23.0 Å². The van der Waals surface area contributed by atoms with Gasteiger partial charge in [-0.2, -0.15) is 0 Å². The number of nitrogens with zero attached hydrogens (tertiary/aromatic N) is 3. The summed E-state index contributed by atoms with van der Waals surface area (Å²) >= 11 is 7.58. The van der Waals surface area contributed by atoms with Crippen LogP contribution >= 0.6 is 22.9 Å². The number of rotatable bonds is 8. The van der Waals surface area contributed by atoms with E-state index in [1.165, 1.54) is 0 Å². The third kappa shape index (κ3) is 5.44. The summed E-state index contributed by atoms with van der Waals surface area (Å²) < 4.78 is 30.1. The molecule has 0 aliphatic heterocycles. The molecule has 34 heavy (non-hydrogen) atoms. The topological polar surface area (TPSA) is 87.9 Å². The molecule has 0 aliphatic rings. The van der Waals surface area contributed by atoms with Gasteiger partial charge in [-0.15, -0.1) is 0 Å². The summed E-state index contributed by atoms with van der Waals surface area (Å²) in [7, 11) is -3.82. The number of halogens is 1. The molecule has 0 amide bonds. The molecule has 0 fully saturated rings. The number of hydrogen-bond acceptors (Lipinski definition) is 6. The molecule has 2 N–H and O–H groups in total. The van der Waals surface area contributed by atoms with Crippen LogP contribution in [0.2, 0.25) is 5.02 Å². The van der Waals surface area contributed by atoms with Crippen molar-refractivity contribution < 1.29 is 13.0 Å². The number of allylic oxidation sites excluding steroid dienone is 1. The Hall–Kier alpha value is -3.27. The Balaban J connectivity index is 1.55. The van der Waals surface area contributed by atoms with Gasteiger partial charge in [0.1, 0.15) is 17.9 Å². The first-order chi connectivity index (χ1) is 16.2. The summed E-state index contributed by atoms with van der Waals surface area (Å²) in [5.41, 5.74) is 4.19. The highest BCUT2D eigenvalue weighted by Gasteiger charge is 2.20. The van der Waals surface area contributed by atoms with Crippen LogP contribution < -0.4 is 14.6 Å². The van der Waals surface area contributed by atoms with Crippen molar-refractivity contribution in [3.05, 3.63) is 89.0 Å². The number of sulfonamides is 1. The summed E-state index contributed by atoms with van der Waals surface area (Å²) in [5.74, 6) is 0.0542. The fourth-order valence-corrected chi connectivity index (χ4v) is 5.43. The Bertz CT molecular complexity index is 1410. The number of hydrogen-bond donors (Lipinski definition) is 2. The van der Waals surface area contributed by atoms with Gasteiger partial charge in [-0.3, -0.25) is 0 Å². The van der Waals surface area contributed by atoms with E-state index in [1.54, 1.807) is 55.5 Å². The normalized spacial score (nSPS) is 11.3. The lowest BCUT2D eigenvalue weighted by Gasteiger charge is -2.08. The van der Waals surface area contributed by atoms with Crippen molar-refractivity contribution in [1.82, 2.24) is 9.97 Å². The van der Waals surface area contributed by atoms with Gasteiger partial charge in [0.05, 0.1) is 4.90 Å². The molecule has 0 saturated heterocycles. The zero-order chi connectivity index (χ0) is 24.3. The summed E-state index contributed by atoms with van der Waals surface area (Å²) in [6.45, 7) is 8.05. The van der Waals surface area contributed by atoms with Crippen LogP contribution in [0.5, 0.6) is 0 Å². The lowest BCUT2D eigenvalue weighted by Crippen LogP contribution is -2.35. The Morgan fingerprint density at radius 2 is 1.71 bits per heavy atom. The SMILES string of the molecule is C=CC[n+]1c(-c2ccc(Cl)cc2)csc1Nc1ccc(S(=O)(=O)Nc2nc(C)cc(C)n2)cc1. The quantitative estimate of drug-likeness (QED) is 0.240. The molecule has 0 atom stereocenters. The van der Waals surface area contributed by atoms with Gasteiger partial charge in [-0.05, 0) is 68.4 Å². The fraction of sp³-hybridized carbons (Fsp3) is 0.125. The summed E-state index contributed by atoms with van der Waals surface area (Å²) in [5, 5.41) is 7.00. The van der Waals surface area contributed by atoms with Gasteiger partial charge in [0.25, 0.3) is 10.0 Å². The average molecular weight is 513 g/mol. The van der Waals surface area contributed by atoms with Crippen LogP contribution in [0, 0.1) is 13.8 Å². The molecule has 0 saturated carbocycles. The van der Waals surface area contributed by atoms with E-state index in [1.807, 2.05) is 30.3 Å². The van der Waals surface area contributed by atoms with E-state index < -0.39 is 10.0 Å². The highest BCUT2D eigenvalue weighted by molar-refractivity contribution is 7.92. The fourth-order valence-electron chi connectivity index (χ4n) is 3.39. The Morgan fingerprint density at radius 3 is 2.32 bits per heavy atom. The van der Waals surface area contributed by atoms with Gasteiger partial charge >= 0.3 is 5.13 Å². The molecule has 10 heteroatoms. The number of nitrogens with one attached hydrogen (secondary N) is 2. The van der Waals surface area contributed by atoms with Crippen molar-refractivity contribution in [3.8, 4) is 11.3 Å². The maximum atomic E-state index is 12.8. The lowest BCUT2D eigenvalue weighted by atomic mass is 10.2. The van der Waals surface area contributed by atoms with Crippen molar-refractivity contribution in [1.29, 1.82) is 0 Å². The minimum Gasteiger partial charge on any atom is -0.247 e. The van der Waals surface area contributed by atoms with Crippen LogP contribution in [0.3, 0.4) is 0 Å². The van der Waals surface area contributed by atoms with E-state index in [0.717, 1.165) is 22.1 Å². The second kappa shape index (κ2) is 9.92. The molecule has 174 valence electrons. The van der Waals surface area contributed by atoms with E-state index in [-0.39, 0.29) is 10.8 Å². The van der Waals surface area contributed by atoms with Crippen LogP contribution in [0.4, 0.5) is 16.8 Å². The number of benzene rings is 2. The van der Waals surface area contributed by atoms with E-state index in [2.05, 4.69) is 36.5 Å². The van der Waals surface area contributed by atoms with Gasteiger partial charge in [0.15, 0.2) is 0 Å². The smallest absolute Gasteiger partial charge is 0.247 e. The summed E-state index contributed by atoms with van der Waals surface area (Å²) in [6, 6.07) is 16.0. The lowest BCUT2D eigenvalue weighted by molar-refractivity contribution is -0.657. The zero-order valence-electron chi connectivity index (χ0n) is 18.6. The van der Waals surface area contributed by atoms with Crippen LogP contribution in [0.1, 0.15) is 11.4 Å². The van der Waals surface area contributed by atoms with E-state index >= 15 is 0 Å². The zero-order valence-corrected chi connectivity index (χ0v) is 21.0. The van der Waals surface area contributed by atoms with Crippen LogP contribution in [-0.4, -0.2) is 18.4 Å². The number of aryl methyl sites for hydroxylation is 2. The van der Waals surface area contributed by atoms with Crippen LogP contribution in [0.25, 0.3) is 11.3 Å². The number of thiazole rings is 1. The van der Waals surface area contributed by atoms with Crippen molar-refractivity contribution in [2.24, 2.45) is 0 Å². The summed E-state index contributed by atoms with van der Waals surface area (Å²) in [4.78, 5) is 8.41. The molecule has 2 aromatic carbocycles. The number of aromatic nitrogens is 3. The van der Waals surface area contributed by atoms with Crippen LogP contribution in [-0.2, 0) is 16.6 Å². The molecule has 0 radical (unpaired) electrons. The molecular weight excluding hydrogens is 490 g/mol.